The Kier molecular flexibility index (Phi) is 4.58. The van der Waals surface area contributed by atoms with Gasteiger partial charge in [-0.25, -0.2) is 9.48 Å². The number of aromatic nitrogens is 4. The smallest absolute Gasteiger partial charge is 0.378 e. The number of nitro benzene ring substituents is 1. The molecule has 0 N–H and O–H groups in total. The number of nitro groups is 1. The van der Waals surface area contributed by atoms with Gasteiger partial charge in [0.25, 0.3) is 11.5 Å². The van der Waals surface area contributed by atoms with Gasteiger partial charge in [0.1, 0.15) is 0 Å². The molecule has 0 amide bonds. The number of hydrogen-bond donors (Lipinski definition) is 0. The highest BCUT2D eigenvalue weighted by molar-refractivity contribution is 9.10. The van der Waals surface area contributed by atoms with E-state index >= 15 is 0 Å². The second kappa shape index (κ2) is 6.39. The van der Waals surface area contributed by atoms with Gasteiger partial charge in [-0.2, -0.15) is 0 Å². The summed E-state index contributed by atoms with van der Waals surface area (Å²) in [4.78, 5) is 21.9. The second-order valence-electron chi connectivity index (χ2n) is 3.91. The third-order valence-electron chi connectivity index (χ3n) is 2.56. The molecule has 0 fully saturated rings. The fourth-order valence-electron chi connectivity index (χ4n) is 1.59. The number of halogens is 1. The van der Waals surface area contributed by atoms with Crippen molar-refractivity contribution in [3.8, 4) is 0 Å². The third-order valence-corrected chi connectivity index (χ3v) is 3.30. The quantitative estimate of drug-likeness (QED) is 0.454. The molecule has 0 radical (unpaired) electrons. The molecule has 0 saturated heterocycles. The minimum Gasteiger partial charge on any atom is -0.460 e. The molecule has 0 bridgehead atoms. The van der Waals surface area contributed by atoms with Crippen molar-refractivity contribution in [2.24, 2.45) is 0 Å². The average molecular weight is 356 g/mol. The number of tetrazole rings is 1. The largest absolute Gasteiger partial charge is 0.460 e. The maximum atomic E-state index is 11.7. The van der Waals surface area contributed by atoms with Crippen LogP contribution >= 0.6 is 15.9 Å². The maximum Gasteiger partial charge on any atom is 0.378 e. The average Bonchev–Trinajstić information content (AvgIpc) is 2.89. The summed E-state index contributed by atoms with van der Waals surface area (Å²) in [5.41, 5.74) is 0.659. The first kappa shape index (κ1) is 15.0. The molecular formula is C11H10BrN5O4. The van der Waals surface area contributed by atoms with E-state index in [1.807, 2.05) is 0 Å². The van der Waals surface area contributed by atoms with E-state index in [0.717, 1.165) is 0 Å². The van der Waals surface area contributed by atoms with E-state index in [1.165, 1.54) is 16.8 Å². The van der Waals surface area contributed by atoms with Crippen LogP contribution in [0.3, 0.4) is 0 Å². The first-order chi connectivity index (χ1) is 10.0. The van der Waals surface area contributed by atoms with Gasteiger partial charge in [-0.1, -0.05) is 15.9 Å². The molecule has 2 aromatic rings. The lowest BCUT2D eigenvalue weighted by Gasteiger charge is -2.06. The van der Waals surface area contributed by atoms with E-state index in [-0.39, 0.29) is 24.7 Å². The summed E-state index contributed by atoms with van der Waals surface area (Å²) in [6.45, 7) is 2.07. The van der Waals surface area contributed by atoms with Crippen molar-refractivity contribution >= 4 is 27.6 Å². The highest BCUT2D eigenvalue weighted by atomic mass is 79.9. The molecule has 1 aromatic heterocycles. The first-order valence-electron chi connectivity index (χ1n) is 5.89. The molecule has 0 spiro atoms. The van der Waals surface area contributed by atoms with Gasteiger partial charge in [-0.3, -0.25) is 10.1 Å². The van der Waals surface area contributed by atoms with Gasteiger partial charge in [0.05, 0.1) is 18.1 Å². The predicted molar refractivity (Wildman–Crippen MR) is 73.7 cm³/mol. The first-order valence-corrected chi connectivity index (χ1v) is 6.68. The molecular weight excluding hydrogens is 346 g/mol. The fraction of sp³-hybridized carbons (Fsp3) is 0.273. The monoisotopic (exact) mass is 355 g/mol. The molecule has 21 heavy (non-hydrogen) atoms. The van der Waals surface area contributed by atoms with Crippen molar-refractivity contribution in [3.05, 3.63) is 44.2 Å². The summed E-state index contributed by atoms with van der Waals surface area (Å²) in [5, 5.41) is 21.4. The van der Waals surface area contributed by atoms with E-state index in [1.54, 1.807) is 13.0 Å². The molecule has 0 aliphatic heterocycles. The van der Waals surface area contributed by atoms with Crippen LogP contribution in [0.2, 0.25) is 0 Å². The number of esters is 1. The van der Waals surface area contributed by atoms with Crippen LogP contribution in [-0.4, -0.2) is 37.7 Å². The van der Waals surface area contributed by atoms with Crippen LogP contribution in [0.25, 0.3) is 0 Å². The summed E-state index contributed by atoms with van der Waals surface area (Å²) in [7, 11) is 0. The SMILES string of the molecule is CCOC(=O)c1nnnn1Cc1ccc([N+](=O)[O-])cc1Br. The predicted octanol–water partition coefficient (Wildman–Crippen LogP) is 1.57. The molecule has 0 saturated carbocycles. The van der Waals surface area contributed by atoms with Crippen molar-refractivity contribution in [2.75, 3.05) is 6.61 Å². The molecule has 10 heteroatoms. The Bertz CT molecular complexity index is 687. The van der Waals surface area contributed by atoms with Gasteiger partial charge in [0.2, 0.25) is 0 Å². The molecule has 9 nitrogen and oxygen atoms in total. The molecule has 0 unspecified atom stereocenters. The number of nitrogens with zero attached hydrogens (tertiary/aromatic N) is 5. The zero-order valence-electron chi connectivity index (χ0n) is 10.9. The Hall–Kier alpha value is -2.36. The van der Waals surface area contributed by atoms with Crippen LogP contribution in [0, 0.1) is 10.1 Å². The van der Waals surface area contributed by atoms with E-state index in [2.05, 4.69) is 31.5 Å². The van der Waals surface area contributed by atoms with E-state index in [4.69, 9.17) is 4.74 Å². The molecule has 0 atom stereocenters. The number of carbonyl (C=O) groups is 1. The zero-order valence-corrected chi connectivity index (χ0v) is 12.5. The van der Waals surface area contributed by atoms with Gasteiger partial charge in [0.15, 0.2) is 0 Å². The standard InChI is InChI=1S/C11H10BrN5O4/c1-2-21-11(18)10-13-14-15-16(10)6-7-3-4-8(17(19)20)5-9(7)12/h3-5H,2,6H2,1H3. The van der Waals surface area contributed by atoms with Crippen molar-refractivity contribution in [1.82, 2.24) is 20.2 Å². The molecule has 0 aliphatic carbocycles. The van der Waals surface area contributed by atoms with Crippen molar-refractivity contribution in [2.45, 2.75) is 13.5 Å². The lowest BCUT2D eigenvalue weighted by Crippen LogP contribution is -2.15. The van der Waals surface area contributed by atoms with Crippen molar-refractivity contribution in [3.63, 3.8) is 0 Å². The maximum absolute atomic E-state index is 11.7. The normalized spacial score (nSPS) is 10.4. The van der Waals surface area contributed by atoms with Crippen LogP contribution < -0.4 is 0 Å². The van der Waals surface area contributed by atoms with Gasteiger partial charge < -0.3 is 4.74 Å². The van der Waals surface area contributed by atoms with Crippen LogP contribution in [0.4, 0.5) is 5.69 Å². The lowest BCUT2D eigenvalue weighted by atomic mass is 10.2. The molecule has 2 rings (SSSR count). The van der Waals surface area contributed by atoms with Crippen LogP contribution in [0.1, 0.15) is 23.1 Å². The Balaban J connectivity index is 2.25. The second-order valence-corrected chi connectivity index (χ2v) is 4.77. The Morgan fingerprint density at radius 2 is 2.29 bits per heavy atom. The minimum absolute atomic E-state index is 0.0258. The van der Waals surface area contributed by atoms with Crippen LogP contribution in [0.5, 0.6) is 0 Å². The van der Waals surface area contributed by atoms with Crippen molar-refractivity contribution in [1.29, 1.82) is 0 Å². The Morgan fingerprint density at radius 3 is 2.90 bits per heavy atom. The summed E-state index contributed by atoms with van der Waals surface area (Å²) in [6, 6.07) is 4.32. The van der Waals surface area contributed by atoms with Gasteiger partial charge >= 0.3 is 5.97 Å². The Morgan fingerprint density at radius 1 is 1.52 bits per heavy atom. The van der Waals surface area contributed by atoms with Crippen LogP contribution in [0.15, 0.2) is 22.7 Å². The van der Waals surface area contributed by atoms with Gasteiger partial charge in [-0.15, -0.1) is 5.10 Å². The number of benzene rings is 1. The number of rotatable bonds is 5. The van der Waals surface area contributed by atoms with Gasteiger partial charge in [-0.05, 0) is 29.0 Å². The summed E-state index contributed by atoms with van der Waals surface area (Å²) < 4.78 is 6.64. The lowest BCUT2D eigenvalue weighted by molar-refractivity contribution is -0.384. The van der Waals surface area contributed by atoms with Crippen molar-refractivity contribution < 1.29 is 14.5 Å². The molecule has 1 heterocycles. The Labute approximate surface area is 127 Å². The highest BCUT2D eigenvalue weighted by Crippen LogP contribution is 2.23. The molecule has 0 aliphatic rings. The van der Waals surface area contributed by atoms with E-state index < -0.39 is 10.9 Å². The topological polar surface area (TPSA) is 113 Å². The number of ether oxygens (including phenoxy) is 1. The number of hydrogen-bond acceptors (Lipinski definition) is 7. The summed E-state index contributed by atoms with van der Waals surface area (Å²) >= 11 is 3.25. The van der Waals surface area contributed by atoms with E-state index in [0.29, 0.717) is 10.0 Å². The summed E-state index contributed by atoms with van der Waals surface area (Å²) in [6.07, 6.45) is 0. The third kappa shape index (κ3) is 3.40. The number of carbonyl (C=O) groups excluding carboxylic acids is 1. The highest BCUT2D eigenvalue weighted by Gasteiger charge is 2.18. The van der Waals surface area contributed by atoms with Crippen LogP contribution in [-0.2, 0) is 11.3 Å². The fourth-order valence-corrected chi connectivity index (χ4v) is 2.08. The zero-order chi connectivity index (χ0) is 15.4. The number of non-ortho nitro benzene ring substituents is 1. The van der Waals surface area contributed by atoms with E-state index in [9.17, 15) is 14.9 Å². The summed E-state index contributed by atoms with van der Waals surface area (Å²) in [5.74, 6) is -0.650. The molecule has 1 aromatic carbocycles. The minimum atomic E-state index is -0.625. The molecule has 110 valence electrons. The van der Waals surface area contributed by atoms with Gasteiger partial charge in [0, 0.05) is 16.6 Å².